The fraction of sp³-hybridized carbons (Fsp3) is 0.208. The van der Waals surface area contributed by atoms with E-state index in [1.165, 1.54) is 12.1 Å². The van der Waals surface area contributed by atoms with E-state index in [1.807, 2.05) is 31.2 Å². The molecule has 3 aromatic carbocycles. The van der Waals surface area contributed by atoms with Gasteiger partial charge in [-0.25, -0.2) is 4.39 Å². The molecule has 0 aromatic heterocycles. The van der Waals surface area contributed by atoms with Crippen LogP contribution in [0.25, 0.3) is 0 Å². The van der Waals surface area contributed by atoms with Crippen LogP contribution >= 0.6 is 0 Å². The molecule has 1 amide bonds. The second-order valence-corrected chi connectivity index (χ2v) is 6.53. The molecule has 0 aliphatic carbocycles. The van der Waals surface area contributed by atoms with E-state index in [2.05, 4.69) is 5.32 Å². The first-order chi connectivity index (χ1) is 14.6. The second kappa shape index (κ2) is 10.3. The zero-order chi connectivity index (χ0) is 21.3. The first-order valence-corrected chi connectivity index (χ1v) is 9.64. The zero-order valence-corrected chi connectivity index (χ0v) is 17.0. The van der Waals surface area contributed by atoms with Crippen molar-refractivity contribution in [2.45, 2.75) is 20.1 Å². The van der Waals surface area contributed by atoms with Crippen LogP contribution in [-0.4, -0.2) is 19.6 Å². The molecule has 0 saturated carbocycles. The standard InChI is InChI=1S/C24H24FNO4/c1-3-29-23-13-6-18(24(27)26-15-17-4-7-20(25)8-5-17)14-19(23)16-30-22-11-9-21(28-2)10-12-22/h4-14H,3,15-16H2,1-2H3,(H,26,27). The molecule has 3 aromatic rings. The lowest BCUT2D eigenvalue weighted by molar-refractivity contribution is 0.0950. The number of ether oxygens (including phenoxy) is 3. The molecule has 0 aliphatic heterocycles. The van der Waals surface area contributed by atoms with Gasteiger partial charge in [-0.05, 0) is 67.1 Å². The Morgan fingerprint density at radius 3 is 2.30 bits per heavy atom. The van der Waals surface area contributed by atoms with Crippen molar-refractivity contribution in [1.82, 2.24) is 5.32 Å². The van der Waals surface area contributed by atoms with E-state index in [1.54, 1.807) is 37.4 Å². The molecule has 30 heavy (non-hydrogen) atoms. The Morgan fingerprint density at radius 2 is 1.63 bits per heavy atom. The SMILES string of the molecule is CCOc1ccc(C(=O)NCc2ccc(F)cc2)cc1COc1ccc(OC)cc1. The fourth-order valence-electron chi connectivity index (χ4n) is 2.85. The normalized spacial score (nSPS) is 10.4. The van der Waals surface area contributed by atoms with Gasteiger partial charge >= 0.3 is 0 Å². The van der Waals surface area contributed by atoms with Gasteiger partial charge in [0, 0.05) is 17.7 Å². The Kier molecular flexibility index (Phi) is 7.27. The number of carbonyl (C=O) groups excluding carboxylic acids is 1. The van der Waals surface area contributed by atoms with Crippen molar-refractivity contribution < 1.29 is 23.4 Å². The van der Waals surface area contributed by atoms with Crippen LogP contribution in [0.15, 0.2) is 66.7 Å². The first-order valence-electron chi connectivity index (χ1n) is 9.64. The summed E-state index contributed by atoms with van der Waals surface area (Å²) >= 11 is 0. The molecule has 5 nitrogen and oxygen atoms in total. The third-order valence-electron chi connectivity index (χ3n) is 4.44. The summed E-state index contributed by atoms with van der Waals surface area (Å²) in [5.41, 5.74) is 2.08. The minimum atomic E-state index is -0.307. The molecule has 0 heterocycles. The predicted octanol–water partition coefficient (Wildman–Crippen LogP) is 4.74. The zero-order valence-electron chi connectivity index (χ0n) is 17.0. The maximum atomic E-state index is 13.0. The van der Waals surface area contributed by atoms with Gasteiger partial charge in [0.25, 0.3) is 5.91 Å². The van der Waals surface area contributed by atoms with E-state index < -0.39 is 0 Å². The summed E-state index contributed by atoms with van der Waals surface area (Å²) in [7, 11) is 1.61. The van der Waals surface area contributed by atoms with Crippen molar-refractivity contribution in [3.63, 3.8) is 0 Å². The summed E-state index contributed by atoms with van der Waals surface area (Å²) in [6, 6.07) is 18.5. The van der Waals surface area contributed by atoms with Crippen LogP contribution in [-0.2, 0) is 13.2 Å². The van der Waals surface area contributed by atoms with Gasteiger partial charge in [-0.1, -0.05) is 12.1 Å². The average molecular weight is 409 g/mol. The van der Waals surface area contributed by atoms with Gasteiger partial charge in [0.05, 0.1) is 13.7 Å². The largest absolute Gasteiger partial charge is 0.497 e. The molecule has 0 fully saturated rings. The lowest BCUT2D eigenvalue weighted by Crippen LogP contribution is -2.23. The highest BCUT2D eigenvalue weighted by Crippen LogP contribution is 2.24. The monoisotopic (exact) mass is 409 g/mol. The highest BCUT2D eigenvalue weighted by atomic mass is 19.1. The minimum absolute atomic E-state index is 0.229. The fourth-order valence-corrected chi connectivity index (χ4v) is 2.85. The van der Waals surface area contributed by atoms with Crippen LogP contribution in [0.4, 0.5) is 4.39 Å². The molecule has 0 radical (unpaired) electrons. The van der Waals surface area contributed by atoms with Gasteiger partial charge < -0.3 is 19.5 Å². The van der Waals surface area contributed by atoms with E-state index in [-0.39, 0.29) is 18.3 Å². The first kappa shape index (κ1) is 21.2. The summed E-state index contributed by atoms with van der Waals surface area (Å²) < 4.78 is 29.7. The summed E-state index contributed by atoms with van der Waals surface area (Å²) in [6.07, 6.45) is 0. The van der Waals surface area contributed by atoms with Crippen LogP contribution in [0.2, 0.25) is 0 Å². The number of halogens is 1. The number of methoxy groups -OCH3 is 1. The molecule has 6 heteroatoms. The lowest BCUT2D eigenvalue weighted by Gasteiger charge is -2.14. The molecule has 3 rings (SSSR count). The summed E-state index contributed by atoms with van der Waals surface area (Å²) in [6.45, 7) is 2.97. The number of amides is 1. The molecule has 1 N–H and O–H groups in total. The lowest BCUT2D eigenvalue weighted by atomic mass is 10.1. The van der Waals surface area contributed by atoms with Gasteiger partial charge in [-0.2, -0.15) is 0 Å². The van der Waals surface area contributed by atoms with E-state index in [0.717, 1.165) is 16.9 Å². The molecule has 0 unspecified atom stereocenters. The average Bonchev–Trinajstić information content (AvgIpc) is 2.78. The molecule has 156 valence electrons. The molecule has 0 spiro atoms. The van der Waals surface area contributed by atoms with Crippen LogP contribution < -0.4 is 19.5 Å². The number of hydrogen-bond donors (Lipinski definition) is 1. The molecule has 0 aliphatic rings. The summed E-state index contributed by atoms with van der Waals surface area (Å²) in [4.78, 5) is 12.6. The predicted molar refractivity (Wildman–Crippen MR) is 113 cm³/mol. The smallest absolute Gasteiger partial charge is 0.251 e. The van der Waals surface area contributed by atoms with Crippen LogP contribution in [0.5, 0.6) is 17.2 Å². The van der Waals surface area contributed by atoms with E-state index in [9.17, 15) is 9.18 Å². The number of hydrogen-bond acceptors (Lipinski definition) is 4. The van der Waals surface area contributed by atoms with Gasteiger partial charge in [0.1, 0.15) is 29.7 Å². The van der Waals surface area contributed by atoms with Crippen LogP contribution in [0.3, 0.4) is 0 Å². The number of rotatable bonds is 9. The van der Waals surface area contributed by atoms with Crippen molar-refractivity contribution >= 4 is 5.91 Å². The highest BCUT2D eigenvalue weighted by Gasteiger charge is 2.12. The van der Waals surface area contributed by atoms with Crippen LogP contribution in [0, 0.1) is 5.82 Å². The van der Waals surface area contributed by atoms with Gasteiger partial charge in [-0.15, -0.1) is 0 Å². The van der Waals surface area contributed by atoms with Gasteiger partial charge in [-0.3, -0.25) is 4.79 Å². The minimum Gasteiger partial charge on any atom is -0.497 e. The maximum Gasteiger partial charge on any atom is 0.251 e. The van der Waals surface area contributed by atoms with Crippen molar-refractivity contribution in [2.24, 2.45) is 0 Å². The Hall–Kier alpha value is -3.54. The third-order valence-corrected chi connectivity index (χ3v) is 4.44. The second-order valence-electron chi connectivity index (χ2n) is 6.53. The van der Waals surface area contributed by atoms with Crippen molar-refractivity contribution in [2.75, 3.05) is 13.7 Å². The molecule has 0 saturated heterocycles. The molecule has 0 bridgehead atoms. The Bertz CT molecular complexity index is 972. The molecular formula is C24H24FNO4. The van der Waals surface area contributed by atoms with E-state index in [0.29, 0.717) is 30.2 Å². The van der Waals surface area contributed by atoms with Crippen LogP contribution in [0.1, 0.15) is 28.4 Å². The molecule has 0 atom stereocenters. The number of benzene rings is 3. The van der Waals surface area contributed by atoms with E-state index >= 15 is 0 Å². The maximum absolute atomic E-state index is 13.0. The Labute approximate surface area is 175 Å². The van der Waals surface area contributed by atoms with Gasteiger partial charge in [0.2, 0.25) is 0 Å². The van der Waals surface area contributed by atoms with Gasteiger partial charge in [0.15, 0.2) is 0 Å². The Balaban J connectivity index is 1.68. The molecular weight excluding hydrogens is 385 g/mol. The van der Waals surface area contributed by atoms with Crippen molar-refractivity contribution in [3.8, 4) is 17.2 Å². The van der Waals surface area contributed by atoms with Crippen molar-refractivity contribution in [3.05, 3.63) is 89.2 Å². The summed E-state index contributed by atoms with van der Waals surface area (Å²) in [5, 5.41) is 2.84. The number of nitrogens with one attached hydrogen (secondary N) is 1. The highest BCUT2D eigenvalue weighted by molar-refractivity contribution is 5.94. The van der Waals surface area contributed by atoms with E-state index in [4.69, 9.17) is 14.2 Å². The summed E-state index contributed by atoms with van der Waals surface area (Å²) in [5.74, 6) is 1.56. The van der Waals surface area contributed by atoms with Crippen molar-refractivity contribution in [1.29, 1.82) is 0 Å². The topological polar surface area (TPSA) is 56.8 Å². The number of carbonyl (C=O) groups is 1. The quantitative estimate of drug-likeness (QED) is 0.555. The third kappa shape index (κ3) is 5.73. The Morgan fingerprint density at radius 1 is 0.933 bits per heavy atom.